The van der Waals surface area contributed by atoms with E-state index in [-0.39, 0.29) is 10.1 Å². The summed E-state index contributed by atoms with van der Waals surface area (Å²) < 4.78 is 27.1. The van der Waals surface area contributed by atoms with Crippen LogP contribution in [0.15, 0.2) is 23.6 Å². The summed E-state index contributed by atoms with van der Waals surface area (Å²) in [6.45, 7) is 2.97. The quantitative estimate of drug-likeness (QED) is 0.443. The smallest absolute Gasteiger partial charge is 0.277 e. The highest BCUT2D eigenvalue weighted by Crippen LogP contribution is 2.24. The number of aromatic nitrogens is 1. The number of nitrogens with one attached hydrogen (secondary N) is 3. The van der Waals surface area contributed by atoms with Crippen LogP contribution in [0, 0.1) is 18.6 Å². The van der Waals surface area contributed by atoms with Crippen LogP contribution in [-0.4, -0.2) is 27.0 Å². The van der Waals surface area contributed by atoms with Crippen LogP contribution >= 0.6 is 23.6 Å². The maximum Gasteiger partial charge on any atom is 0.277 e. The topological polar surface area (TPSA) is 103 Å². The van der Waals surface area contributed by atoms with Crippen LogP contribution in [-0.2, 0) is 21.6 Å². The molecule has 0 aliphatic carbocycles. The Hall–Kier alpha value is -2.50. The molecule has 27 heavy (non-hydrogen) atoms. The minimum atomic E-state index is -1.91. The average Bonchev–Trinajstić information content (AvgIpc) is 3.03. The van der Waals surface area contributed by atoms with Crippen LogP contribution in [0.25, 0.3) is 0 Å². The third-order valence-corrected chi connectivity index (χ3v) is 4.79. The predicted molar refractivity (Wildman–Crippen MR) is 98.5 cm³/mol. The number of halogens is 2. The number of thiazole rings is 1. The van der Waals surface area contributed by atoms with Crippen molar-refractivity contribution < 1.29 is 23.5 Å². The van der Waals surface area contributed by atoms with Gasteiger partial charge in [0.15, 0.2) is 10.7 Å². The molecule has 4 N–H and O–H groups in total. The van der Waals surface area contributed by atoms with E-state index in [1.807, 2.05) is 0 Å². The van der Waals surface area contributed by atoms with Gasteiger partial charge in [0.2, 0.25) is 5.91 Å². The normalized spacial score (nSPS) is 12.8. The number of carbonyl (C=O) groups excluding carboxylic acids is 2. The molecule has 0 bridgehead atoms. The summed E-state index contributed by atoms with van der Waals surface area (Å²) in [4.78, 5) is 28.0. The Balaban J connectivity index is 1.88. The zero-order chi connectivity index (χ0) is 20.2. The Morgan fingerprint density at radius 2 is 1.93 bits per heavy atom. The lowest BCUT2D eigenvalue weighted by molar-refractivity contribution is -0.139. The monoisotopic (exact) mass is 414 g/mol. The van der Waals surface area contributed by atoms with Gasteiger partial charge in [0, 0.05) is 16.6 Å². The van der Waals surface area contributed by atoms with Gasteiger partial charge in [-0.3, -0.25) is 20.4 Å². The van der Waals surface area contributed by atoms with E-state index in [0.29, 0.717) is 5.69 Å². The molecule has 0 aliphatic rings. The van der Waals surface area contributed by atoms with Crippen LogP contribution in [0.4, 0.5) is 8.78 Å². The van der Waals surface area contributed by atoms with Crippen LogP contribution < -0.4 is 16.2 Å². The highest BCUT2D eigenvalue weighted by Gasteiger charge is 2.35. The minimum absolute atomic E-state index is 0.185. The molecule has 0 aliphatic heterocycles. The van der Waals surface area contributed by atoms with Gasteiger partial charge in [0.1, 0.15) is 16.6 Å². The molecule has 1 atom stereocenters. The second-order valence-corrected chi connectivity index (χ2v) is 6.97. The number of nitrogens with zero attached hydrogens (tertiary/aromatic N) is 1. The maximum atomic E-state index is 13.5. The second kappa shape index (κ2) is 8.46. The summed E-state index contributed by atoms with van der Waals surface area (Å²) in [6, 6.07) is 3.25. The number of hydrogen-bond donors (Lipinski definition) is 4. The Morgan fingerprint density at radius 1 is 1.30 bits per heavy atom. The molecule has 0 spiro atoms. The van der Waals surface area contributed by atoms with Crippen molar-refractivity contribution in [2.24, 2.45) is 0 Å². The molecule has 11 heteroatoms. The average molecular weight is 414 g/mol. The lowest BCUT2D eigenvalue weighted by Crippen LogP contribution is -2.53. The van der Waals surface area contributed by atoms with Crippen molar-refractivity contribution in [1.82, 2.24) is 21.2 Å². The number of thiocarbonyl (C=S) groups is 1. The molecule has 2 amide bonds. The molecule has 1 aromatic heterocycles. The van der Waals surface area contributed by atoms with E-state index in [9.17, 15) is 23.5 Å². The van der Waals surface area contributed by atoms with E-state index in [1.54, 1.807) is 12.3 Å². The highest BCUT2D eigenvalue weighted by atomic mass is 32.1. The van der Waals surface area contributed by atoms with Gasteiger partial charge in [-0.25, -0.2) is 13.8 Å². The molecule has 1 aromatic carbocycles. The predicted octanol–water partition coefficient (Wildman–Crippen LogP) is 1.20. The molecule has 2 rings (SSSR count). The molecule has 2 aromatic rings. The largest absolute Gasteiger partial charge is 0.374 e. The Kier molecular flexibility index (Phi) is 6.52. The summed E-state index contributed by atoms with van der Waals surface area (Å²) in [5.41, 5.74) is 2.72. The van der Waals surface area contributed by atoms with Crippen LogP contribution in [0.3, 0.4) is 0 Å². The zero-order valence-corrected chi connectivity index (χ0v) is 15.9. The fourth-order valence-corrected chi connectivity index (χ4v) is 2.99. The van der Waals surface area contributed by atoms with E-state index in [0.717, 1.165) is 23.5 Å². The van der Waals surface area contributed by atoms with Gasteiger partial charge in [-0.2, -0.15) is 0 Å². The highest BCUT2D eigenvalue weighted by molar-refractivity contribution is 7.80. The van der Waals surface area contributed by atoms with E-state index in [2.05, 4.69) is 21.2 Å². The van der Waals surface area contributed by atoms with Gasteiger partial charge in [-0.05, 0) is 38.2 Å². The molecule has 7 nitrogen and oxygen atoms in total. The molecule has 144 valence electrons. The Morgan fingerprint density at radius 3 is 2.48 bits per heavy atom. The van der Waals surface area contributed by atoms with Gasteiger partial charge in [-0.15, -0.1) is 11.3 Å². The third kappa shape index (κ3) is 5.25. The van der Waals surface area contributed by atoms with Crippen molar-refractivity contribution in [2.75, 3.05) is 0 Å². The van der Waals surface area contributed by atoms with Gasteiger partial charge in [-0.1, -0.05) is 6.07 Å². The van der Waals surface area contributed by atoms with E-state index >= 15 is 0 Å². The van der Waals surface area contributed by atoms with E-state index in [1.165, 1.54) is 13.0 Å². The first-order valence-electron chi connectivity index (χ1n) is 7.59. The van der Waals surface area contributed by atoms with Gasteiger partial charge < -0.3 is 10.4 Å². The minimum Gasteiger partial charge on any atom is -0.374 e. The molecule has 0 radical (unpaired) electrons. The van der Waals surface area contributed by atoms with Gasteiger partial charge in [0.25, 0.3) is 5.91 Å². The van der Waals surface area contributed by atoms with Crippen molar-refractivity contribution in [3.05, 3.63) is 51.5 Å². The van der Waals surface area contributed by atoms with E-state index in [4.69, 9.17) is 12.2 Å². The number of hydrazine groups is 1. The number of aliphatic hydroxyl groups is 1. The lowest BCUT2D eigenvalue weighted by Gasteiger charge is -2.20. The lowest BCUT2D eigenvalue weighted by atomic mass is 10.1. The van der Waals surface area contributed by atoms with Crippen LogP contribution in [0.2, 0.25) is 0 Å². The molecule has 1 heterocycles. The number of rotatable bonds is 4. The first-order chi connectivity index (χ1) is 12.6. The first kappa shape index (κ1) is 20.8. The Labute approximate surface area is 162 Å². The summed E-state index contributed by atoms with van der Waals surface area (Å²) in [7, 11) is 0. The van der Waals surface area contributed by atoms with E-state index < -0.39 is 41.0 Å². The SMILES string of the molecule is Cc1csc(C(C)(O)C(=O)NNC(=S)NC(=O)Cc2c(F)cccc2F)n1. The molecule has 0 saturated carbocycles. The zero-order valence-electron chi connectivity index (χ0n) is 14.3. The number of hydrogen-bond acceptors (Lipinski definition) is 6. The number of carbonyl (C=O) groups is 2. The molecule has 0 fully saturated rings. The summed E-state index contributed by atoms with van der Waals surface area (Å²) in [5.74, 6) is -3.35. The molecular weight excluding hydrogens is 398 g/mol. The van der Waals surface area contributed by atoms with Gasteiger partial charge >= 0.3 is 0 Å². The standard InChI is InChI=1S/C16H16F2N4O3S2/c1-8-7-27-14(19-8)16(2,25)13(24)21-22-15(26)20-12(23)6-9-10(17)4-3-5-11(9)18/h3-5,7,25H,6H2,1-2H3,(H,21,24)(H2,20,22,23,26). The fraction of sp³-hybridized carbons (Fsp3) is 0.250. The number of benzene rings is 1. The summed E-state index contributed by atoms with van der Waals surface area (Å²) in [6.07, 6.45) is -0.579. The van der Waals surface area contributed by atoms with Crippen LogP contribution in [0.5, 0.6) is 0 Å². The summed E-state index contributed by atoms with van der Waals surface area (Å²) in [5, 5.41) is 14.0. The molecule has 1 unspecified atom stereocenters. The Bertz CT molecular complexity index is 866. The maximum absolute atomic E-state index is 13.5. The van der Waals surface area contributed by atoms with Crippen molar-refractivity contribution in [3.8, 4) is 0 Å². The van der Waals surface area contributed by atoms with Crippen molar-refractivity contribution >= 4 is 40.5 Å². The van der Waals surface area contributed by atoms with Crippen LogP contribution in [0.1, 0.15) is 23.2 Å². The third-order valence-electron chi connectivity index (χ3n) is 3.42. The van der Waals surface area contributed by atoms with Crippen molar-refractivity contribution in [3.63, 3.8) is 0 Å². The van der Waals surface area contributed by atoms with Gasteiger partial charge in [0.05, 0.1) is 6.42 Å². The molecule has 0 saturated heterocycles. The fourth-order valence-electron chi connectivity index (χ4n) is 1.97. The second-order valence-electron chi connectivity index (χ2n) is 5.70. The summed E-state index contributed by atoms with van der Waals surface area (Å²) >= 11 is 5.94. The first-order valence-corrected chi connectivity index (χ1v) is 8.88. The number of amides is 2. The van der Waals surface area contributed by atoms with Crippen molar-refractivity contribution in [1.29, 1.82) is 0 Å². The van der Waals surface area contributed by atoms with Crippen molar-refractivity contribution in [2.45, 2.75) is 25.9 Å². The number of aryl methyl sites for hydroxylation is 1. The molecular formula is C16H16F2N4O3S2.